The number of hydrogen-bond acceptors (Lipinski definition) is 3. The van der Waals surface area contributed by atoms with Crippen LogP contribution < -0.4 is 5.32 Å². The molecule has 1 aromatic rings. The maximum atomic E-state index is 10.8. The van der Waals surface area contributed by atoms with Crippen LogP contribution >= 0.6 is 0 Å². The molecule has 0 aliphatic heterocycles. The second kappa shape index (κ2) is 4.19. The zero-order valence-corrected chi connectivity index (χ0v) is 6.63. The first kappa shape index (κ1) is 8.34. The van der Waals surface area contributed by atoms with Crippen LogP contribution in [0.1, 0.15) is 12.6 Å². The quantitative estimate of drug-likeness (QED) is 0.640. The Kier molecular flexibility index (Phi) is 2.91. The molecule has 0 radical (unpaired) electrons. The van der Waals surface area contributed by atoms with Gasteiger partial charge in [0.15, 0.2) is 0 Å². The number of aromatic nitrogens is 1. The number of rotatable bonds is 2. The monoisotopic (exact) mass is 164 g/mol. The van der Waals surface area contributed by atoms with E-state index in [1.165, 1.54) is 6.26 Å². The van der Waals surface area contributed by atoms with Gasteiger partial charge in [0.1, 0.15) is 12.0 Å². The van der Waals surface area contributed by atoms with Crippen LogP contribution in [0.15, 0.2) is 16.9 Å². The minimum Gasteiger partial charge on any atom is -0.364 e. The molecular weight excluding hydrogens is 156 g/mol. The van der Waals surface area contributed by atoms with E-state index >= 15 is 0 Å². The molecule has 0 fully saturated rings. The molecule has 0 bridgehead atoms. The Morgan fingerprint density at radius 3 is 3.25 bits per heavy atom. The lowest BCUT2D eigenvalue weighted by molar-refractivity contribution is -0.115. The van der Waals surface area contributed by atoms with Crippen molar-refractivity contribution in [2.24, 2.45) is 0 Å². The van der Waals surface area contributed by atoms with Gasteiger partial charge in [-0.05, 0) is 12.8 Å². The van der Waals surface area contributed by atoms with Gasteiger partial charge in [0, 0.05) is 6.07 Å². The van der Waals surface area contributed by atoms with E-state index < -0.39 is 0 Å². The van der Waals surface area contributed by atoms with Crippen LogP contribution in [0.2, 0.25) is 0 Å². The Morgan fingerprint density at radius 2 is 2.67 bits per heavy atom. The average molecular weight is 164 g/mol. The molecule has 0 saturated heterocycles. The highest BCUT2D eigenvalue weighted by Crippen LogP contribution is 1.91. The van der Waals surface area contributed by atoms with Crippen LogP contribution in [0.5, 0.6) is 0 Å². The smallest absolute Gasteiger partial charge is 0.296 e. The molecule has 0 aliphatic carbocycles. The molecular formula is C8H8N2O2. The first-order chi connectivity index (χ1) is 5.83. The Bertz CT molecular complexity index is 306. The largest absolute Gasteiger partial charge is 0.364 e. The molecule has 12 heavy (non-hydrogen) atoms. The SMILES string of the molecule is CC#CC(=O)NCc1ccon1. The van der Waals surface area contributed by atoms with Crippen molar-refractivity contribution in [1.29, 1.82) is 0 Å². The van der Waals surface area contributed by atoms with Crippen molar-refractivity contribution in [3.8, 4) is 11.8 Å². The first-order valence-corrected chi connectivity index (χ1v) is 3.43. The van der Waals surface area contributed by atoms with Crippen LogP contribution in [0.25, 0.3) is 0 Å². The highest BCUT2D eigenvalue weighted by Gasteiger charge is 1.97. The van der Waals surface area contributed by atoms with Gasteiger partial charge >= 0.3 is 0 Å². The maximum Gasteiger partial charge on any atom is 0.296 e. The molecule has 0 saturated carbocycles. The Labute approximate surface area is 69.9 Å². The van der Waals surface area contributed by atoms with E-state index in [-0.39, 0.29) is 5.91 Å². The topological polar surface area (TPSA) is 55.1 Å². The molecule has 4 heteroatoms. The Morgan fingerprint density at radius 1 is 1.83 bits per heavy atom. The van der Waals surface area contributed by atoms with Crippen LogP contribution in [0.3, 0.4) is 0 Å². The lowest BCUT2D eigenvalue weighted by Gasteiger charge is -1.93. The zero-order valence-electron chi connectivity index (χ0n) is 6.63. The minimum absolute atomic E-state index is 0.305. The van der Waals surface area contributed by atoms with E-state index in [1.807, 2.05) is 0 Å². The summed E-state index contributed by atoms with van der Waals surface area (Å²) in [7, 11) is 0. The maximum absolute atomic E-state index is 10.8. The van der Waals surface area contributed by atoms with Gasteiger partial charge in [-0.3, -0.25) is 4.79 Å². The van der Waals surface area contributed by atoms with Crippen LogP contribution in [-0.4, -0.2) is 11.1 Å². The zero-order chi connectivity index (χ0) is 8.81. The third-order valence-corrected chi connectivity index (χ3v) is 1.16. The molecule has 1 rings (SSSR count). The highest BCUT2D eigenvalue weighted by molar-refractivity contribution is 5.93. The van der Waals surface area contributed by atoms with Crippen molar-refractivity contribution >= 4 is 5.91 Å². The van der Waals surface area contributed by atoms with Gasteiger partial charge in [-0.2, -0.15) is 0 Å². The summed E-state index contributed by atoms with van der Waals surface area (Å²) in [6.07, 6.45) is 1.45. The summed E-state index contributed by atoms with van der Waals surface area (Å²) in [5, 5.41) is 6.16. The predicted molar refractivity (Wildman–Crippen MR) is 41.8 cm³/mol. The molecule has 62 valence electrons. The molecule has 1 N–H and O–H groups in total. The molecule has 0 spiro atoms. The highest BCUT2D eigenvalue weighted by atomic mass is 16.5. The predicted octanol–water partition coefficient (Wildman–Crippen LogP) is 0.314. The van der Waals surface area contributed by atoms with Crippen molar-refractivity contribution < 1.29 is 9.32 Å². The molecule has 4 nitrogen and oxygen atoms in total. The summed E-state index contributed by atoms with van der Waals surface area (Å²) in [4.78, 5) is 10.8. The molecule has 0 aliphatic rings. The summed E-state index contributed by atoms with van der Waals surface area (Å²) in [6, 6.07) is 1.68. The summed E-state index contributed by atoms with van der Waals surface area (Å²) in [5.41, 5.74) is 0.682. The number of hydrogen-bond donors (Lipinski definition) is 1. The van der Waals surface area contributed by atoms with Crippen LogP contribution in [0.4, 0.5) is 0 Å². The van der Waals surface area contributed by atoms with E-state index in [2.05, 4.69) is 26.8 Å². The summed E-state index contributed by atoms with van der Waals surface area (Å²) in [5.74, 6) is 4.54. The summed E-state index contributed by atoms with van der Waals surface area (Å²) in [6.45, 7) is 1.96. The fraction of sp³-hybridized carbons (Fsp3) is 0.250. The summed E-state index contributed by atoms with van der Waals surface area (Å²) < 4.78 is 4.57. The Hall–Kier alpha value is -1.76. The standard InChI is InChI=1S/C8H8N2O2/c1-2-3-8(11)9-6-7-4-5-12-10-7/h4-5H,6H2,1H3,(H,9,11). The lowest BCUT2D eigenvalue weighted by Crippen LogP contribution is -2.20. The Balaban J connectivity index is 2.35. The van der Waals surface area contributed by atoms with Crippen LogP contribution in [-0.2, 0) is 11.3 Å². The van der Waals surface area contributed by atoms with E-state index in [9.17, 15) is 4.79 Å². The first-order valence-electron chi connectivity index (χ1n) is 3.43. The number of carbonyl (C=O) groups excluding carboxylic acids is 1. The van der Waals surface area contributed by atoms with E-state index in [1.54, 1.807) is 13.0 Å². The van der Waals surface area contributed by atoms with Gasteiger partial charge in [-0.25, -0.2) is 0 Å². The fourth-order valence-electron chi connectivity index (χ4n) is 0.657. The number of carbonyl (C=O) groups is 1. The molecule has 1 aromatic heterocycles. The third kappa shape index (κ3) is 2.46. The van der Waals surface area contributed by atoms with Crippen molar-refractivity contribution in [1.82, 2.24) is 10.5 Å². The number of nitrogens with one attached hydrogen (secondary N) is 1. The van der Waals surface area contributed by atoms with Crippen LogP contribution in [0, 0.1) is 11.8 Å². The van der Waals surface area contributed by atoms with Gasteiger partial charge in [0.05, 0.1) is 6.54 Å². The molecule has 1 amide bonds. The summed E-state index contributed by atoms with van der Waals surface area (Å²) >= 11 is 0. The molecule has 0 atom stereocenters. The normalized spacial score (nSPS) is 8.42. The van der Waals surface area contributed by atoms with Gasteiger partial charge in [-0.1, -0.05) is 11.1 Å². The lowest BCUT2D eigenvalue weighted by atomic mass is 10.4. The second-order valence-electron chi connectivity index (χ2n) is 2.05. The second-order valence-corrected chi connectivity index (χ2v) is 2.05. The number of amides is 1. The fourth-order valence-corrected chi connectivity index (χ4v) is 0.657. The van der Waals surface area contributed by atoms with Crippen molar-refractivity contribution in [3.63, 3.8) is 0 Å². The molecule has 1 heterocycles. The van der Waals surface area contributed by atoms with Gasteiger partial charge in [-0.15, -0.1) is 0 Å². The van der Waals surface area contributed by atoms with Gasteiger partial charge in [0.2, 0.25) is 0 Å². The van der Waals surface area contributed by atoms with Gasteiger partial charge in [0.25, 0.3) is 5.91 Å². The van der Waals surface area contributed by atoms with E-state index in [0.29, 0.717) is 12.2 Å². The molecule has 0 aromatic carbocycles. The third-order valence-electron chi connectivity index (χ3n) is 1.16. The average Bonchev–Trinajstić information content (AvgIpc) is 2.53. The number of nitrogens with zero attached hydrogens (tertiary/aromatic N) is 1. The van der Waals surface area contributed by atoms with Gasteiger partial charge < -0.3 is 9.84 Å². The van der Waals surface area contributed by atoms with Crippen molar-refractivity contribution in [3.05, 3.63) is 18.0 Å². The molecule has 0 unspecified atom stereocenters. The van der Waals surface area contributed by atoms with Crippen molar-refractivity contribution in [2.75, 3.05) is 0 Å². The minimum atomic E-state index is -0.305. The van der Waals surface area contributed by atoms with E-state index in [0.717, 1.165) is 0 Å². The van der Waals surface area contributed by atoms with Crippen molar-refractivity contribution in [2.45, 2.75) is 13.5 Å². The van der Waals surface area contributed by atoms with E-state index in [4.69, 9.17) is 0 Å².